The highest BCUT2D eigenvalue weighted by Gasteiger charge is 2.48. The van der Waals surface area contributed by atoms with Crippen LogP contribution in [-0.2, 0) is 15.1 Å². The Morgan fingerprint density at radius 1 is 1.30 bits per heavy atom. The molecule has 1 rings (SSSR count). The van der Waals surface area contributed by atoms with Gasteiger partial charge in [-0.05, 0) is 25.8 Å². The number of esters is 1. The third kappa shape index (κ3) is 3.33. The summed E-state index contributed by atoms with van der Waals surface area (Å²) in [5.41, 5.74) is -0.699. The van der Waals surface area contributed by atoms with Crippen molar-refractivity contribution in [2.45, 2.75) is 39.2 Å². The third-order valence-electron chi connectivity index (χ3n) is 3.40. The fourth-order valence-electron chi connectivity index (χ4n) is 2.18. The van der Waals surface area contributed by atoms with Crippen molar-refractivity contribution in [1.29, 1.82) is 0 Å². The van der Waals surface area contributed by atoms with Gasteiger partial charge >= 0.3 is 5.97 Å². The molecule has 2 atom stereocenters. The molecule has 1 N–H and O–H groups in total. The normalized spacial score (nSPS) is 15.8. The van der Waals surface area contributed by atoms with Crippen LogP contribution in [-0.4, -0.2) is 24.1 Å². The molecule has 2 unspecified atom stereocenters. The molecule has 0 radical (unpaired) electrons. The zero-order valence-electron chi connectivity index (χ0n) is 11.9. The summed E-state index contributed by atoms with van der Waals surface area (Å²) in [5, 5.41) is 10.6. The van der Waals surface area contributed by atoms with E-state index in [1.807, 2.05) is 6.92 Å². The lowest BCUT2D eigenvalue weighted by Gasteiger charge is -2.34. The second kappa shape index (κ2) is 6.79. The zero-order chi connectivity index (χ0) is 15.3. The second-order valence-electron chi connectivity index (χ2n) is 4.71. The second-order valence-corrected chi connectivity index (χ2v) is 4.71. The van der Waals surface area contributed by atoms with E-state index in [9.17, 15) is 18.7 Å². The Balaban J connectivity index is 3.23. The van der Waals surface area contributed by atoms with Crippen molar-refractivity contribution < 1.29 is 23.4 Å². The monoisotopic (exact) mass is 286 g/mol. The van der Waals surface area contributed by atoms with E-state index in [0.29, 0.717) is 5.56 Å². The Morgan fingerprint density at radius 2 is 1.85 bits per heavy atom. The van der Waals surface area contributed by atoms with Gasteiger partial charge in [-0.1, -0.05) is 36.8 Å². The van der Waals surface area contributed by atoms with E-state index in [0.717, 1.165) is 5.56 Å². The van der Waals surface area contributed by atoms with Gasteiger partial charge in [0.25, 0.3) is 6.43 Å². The summed E-state index contributed by atoms with van der Waals surface area (Å²) in [6.45, 7) is 4.95. The Morgan fingerprint density at radius 3 is 2.25 bits per heavy atom. The van der Waals surface area contributed by atoms with Crippen molar-refractivity contribution in [3.05, 3.63) is 35.4 Å². The number of alkyl halides is 2. The molecule has 0 aromatic heterocycles. The molecule has 0 aliphatic heterocycles. The van der Waals surface area contributed by atoms with E-state index in [1.165, 1.54) is 6.92 Å². The van der Waals surface area contributed by atoms with Crippen LogP contribution in [0.5, 0.6) is 0 Å². The highest BCUT2D eigenvalue weighted by atomic mass is 19.3. The maximum absolute atomic E-state index is 13.3. The molecule has 5 heteroatoms. The first-order valence-corrected chi connectivity index (χ1v) is 6.61. The average Bonchev–Trinajstić information content (AvgIpc) is 2.39. The number of aliphatic hydroxyl groups is 1. The summed E-state index contributed by atoms with van der Waals surface area (Å²) >= 11 is 0. The molecule has 0 saturated heterocycles. The predicted molar refractivity (Wildman–Crippen MR) is 71.5 cm³/mol. The van der Waals surface area contributed by atoms with Crippen molar-refractivity contribution >= 4 is 5.97 Å². The molecule has 0 spiro atoms. The highest BCUT2D eigenvalue weighted by molar-refractivity contribution is 5.74. The van der Waals surface area contributed by atoms with Crippen molar-refractivity contribution in [2.75, 3.05) is 6.61 Å². The molecular weight excluding hydrogens is 266 g/mol. The third-order valence-corrected chi connectivity index (χ3v) is 3.40. The molecule has 20 heavy (non-hydrogen) atoms. The summed E-state index contributed by atoms with van der Waals surface area (Å²) in [7, 11) is 0. The average molecular weight is 286 g/mol. The number of benzene rings is 1. The molecule has 0 saturated carbocycles. The van der Waals surface area contributed by atoms with E-state index in [4.69, 9.17) is 0 Å². The van der Waals surface area contributed by atoms with Gasteiger partial charge in [0.05, 0.1) is 6.61 Å². The zero-order valence-corrected chi connectivity index (χ0v) is 11.9. The largest absolute Gasteiger partial charge is 0.466 e. The van der Waals surface area contributed by atoms with Crippen molar-refractivity contribution in [3.8, 4) is 0 Å². The Labute approximate surface area is 117 Å². The minimum absolute atomic E-state index is 0.00422. The standard InChI is InChI=1S/C15H20F2O3/c1-4-15(19,11-8-6-10(3)7-9-11)12(13(16)17)14(18)20-5-2/h6-9,12-13,19H,4-5H2,1-3H3. The Hall–Kier alpha value is -1.49. The van der Waals surface area contributed by atoms with Crippen LogP contribution in [0.1, 0.15) is 31.4 Å². The maximum atomic E-state index is 13.3. The molecule has 0 aliphatic carbocycles. The number of ether oxygens (including phenoxy) is 1. The van der Waals surface area contributed by atoms with Crippen LogP contribution in [0.4, 0.5) is 8.78 Å². The van der Waals surface area contributed by atoms with Gasteiger partial charge in [-0.3, -0.25) is 4.79 Å². The van der Waals surface area contributed by atoms with Crippen LogP contribution in [0.2, 0.25) is 0 Å². The fourth-order valence-corrected chi connectivity index (χ4v) is 2.18. The van der Waals surface area contributed by atoms with Gasteiger partial charge in [0.15, 0.2) is 5.92 Å². The van der Waals surface area contributed by atoms with Crippen LogP contribution < -0.4 is 0 Å². The number of carbonyl (C=O) groups excluding carboxylic acids is 1. The van der Waals surface area contributed by atoms with Gasteiger partial charge in [0.1, 0.15) is 5.60 Å². The number of hydrogen-bond acceptors (Lipinski definition) is 3. The lowest BCUT2D eigenvalue weighted by atomic mass is 9.79. The van der Waals surface area contributed by atoms with Gasteiger partial charge in [-0.15, -0.1) is 0 Å². The minimum atomic E-state index is -3.00. The summed E-state index contributed by atoms with van der Waals surface area (Å²) in [6, 6.07) is 6.55. The lowest BCUT2D eigenvalue weighted by Crippen LogP contribution is -2.44. The Kier molecular flexibility index (Phi) is 5.62. The summed E-state index contributed by atoms with van der Waals surface area (Å²) in [6.07, 6.45) is -3.01. The minimum Gasteiger partial charge on any atom is -0.466 e. The number of aryl methyl sites for hydroxylation is 1. The predicted octanol–water partition coefficient (Wildman–Crippen LogP) is 3.04. The van der Waals surface area contributed by atoms with Gasteiger partial charge in [-0.2, -0.15) is 0 Å². The molecule has 0 fully saturated rings. The first-order chi connectivity index (χ1) is 9.36. The van der Waals surface area contributed by atoms with Crippen molar-refractivity contribution in [3.63, 3.8) is 0 Å². The summed E-state index contributed by atoms with van der Waals surface area (Å²) < 4.78 is 31.2. The van der Waals surface area contributed by atoms with Crippen LogP contribution in [0.3, 0.4) is 0 Å². The maximum Gasteiger partial charge on any atom is 0.318 e. The number of carbonyl (C=O) groups is 1. The van der Waals surface area contributed by atoms with E-state index in [-0.39, 0.29) is 13.0 Å². The van der Waals surface area contributed by atoms with Gasteiger partial charge in [0.2, 0.25) is 0 Å². The van der Waals surface area contributed by atoms with Crippen LogP contribution in [0.15, 0.2) is 24.3 Å². The van der Waals surface area contributed by atoms with Gasteiger partial charge < -0.3 is 9.84 Å². The topological polar surface area (TPSA) is 46.5 Å². The first-order valence-electron chi connectivity index (χ1n) is 6.61. The van der Waals surface area contributed by atoms with Crippen LogP contribution in [0, 0.1) is 12.8 Å². The molecule has 0 amide bonds. The van der Waals surface area contributed by atoms with Crippen molar-refractivity contribution in [1.82, 2.24) is 0 Å². The summed E-state index contributed by atoms with van der Waals surface area (Å²) in [4.78, 5) is 11.8. The molecule has 1 aromatic carbocycles. The summed E-state index contributed by atoms with van der Waals surface area (Å²) in [5.74, 6) is -2.97. The van der Waals surface area contributed by atoms with E-state index >= 15 is 0 Å². The molecule has 3 nitrogen and oxygen atoms in total. The molecule has 1 aromatic rings. The van der Waals surface area contributed by atoms with Gasteiger partial charge in [-0.25, -0.2) is 8.78 Å². The van der Waals surface area contributed by atoms with E-state index < -0.39 is 23.9 Å². The first kappa shape index (κ1) is 16.6. The van der Waals surface area contributed by atoms with E-state index in [2.05, 4.69) is 4.74 Å². The quantitative estimate of drug-likeness (QED) is 0.818. The van der Waals surface area contributed by atoms with Crippen LogP contribution >= 0.6 is 0 Å². The number of rotatable bonds is 6. The van der Waals surface area contributed by atoms with Crippen molar-refractivity contribution in [2.24, 2.45) is 5.92 Å². The van der Waals surface area contributed by atoms with Crippen LogP contribution in [0.25, 0.3) is 0 Å². The molecule has 0 heterocycles. The van der Waals surface area contributed by atoms with E-state index in [1.54, 1.807) is 31.2 Å². The number of halogens is 2. The molecular formula is C15H20F2O3. The SMILES string of the molecule is CCOC(=O)C(C(F)F)C(O)(CC)c1ccc(C)cc1. The highest BCUT2D eigenvalue weighted by Crippen LogP contribution is 2.37. The lowest BCUT2D eigenvalue weighted by molar-refractivity contribution is -0.172. The molecule has 112 valence electrons. The molecule has 0 bridgehead atoms. The Bertz CT molecular complexity index is 445. The fraction of sp³-hybridized carbons (Fsp3) is 0.533. The van der Waals surface area contributed by atoms with Gasteiger partial charge in [0, 0.05) is 0 Å². The number of hydrogen-bond donors (Lipinski definition) is 1. The molecule has 0 aliphatic rings. The smallest absolute Gasteiger partial charge is 0.318 e.